The number of nitrogens with zero attached hydrogens (tertiary/aromatic N) is 2. The van der Waals surface area contributed by atoms with Crippen molar-refractivity contribution in [2.24, 2.45) is 0 Å². The van der Waals surface area contributed by atoms with Gasteiger partial charge in [-0.15, -0.1) is 12.1 Å². The number of anilines is 3. The van der Waals surface area contributed by atoms with Gasteiger partial charge < -0.3 is 15.6 Å². The number of fused-ring (bicyclic) bond motifs is 1. The number of nitrogens with one attached hydrogen (secondary N) is 2. The Hall–Kier alpha value is -2.52. The van der Waals surface area contributed by atoms with Crippen LogP contribution in [0.2, 0.25) is 0 Å². The van der Waals surface area contributed by atoms with Crippen molar-refractivity contribution in [2.75, 3.05) is 10.6 Å². The molecule has 1 aromatic heterocycles. The molecule has 3 rings (SSSR count). The summed E-state index contributed by atoms with van der Waals surface area (Å²) in [4.78, 5) is 19.9. The smallest absolute Gasteiger partial charge is 0.245 e. The van der Waals surface area contributed by atoms with Crippen molar-refractivity contribution in [1.29, 1.82) is 0 Å². The topological polar surface area (TPSA) is 66.9 Å². The fraction of sp³-hybridized carbons (Fsp3) is 0. The molecule has 0 saturated heterocycles. The summed E-state index contributed by atoms with van der Waals surface area (Å²) in [5.74, 6) is 0.379. The quantitative estimate of drug-likeness (QED) is 0.451. The number of carbonyl (C=O) groups is 1. The molecule has 1 amide bonds. The average molecular weight is 473 g/mol. The molecule has 0 saturated carbocycles. The Balaban J connectivity index is 0.00000192. The third-order valence-corrected chi connectivity index (χ3v) is 3.05. The molecule has 23 heavy (non-hydrogen) atoms. The zero-order chi connectivity index (χ0) is 15.4. The molecule has 3 aromatic rings. The van der Waals surface area contributed by atoms with Gasteiger partial charge in [-0.05, 0) is 23.7 Å². The molecule has 0 aliphatic heterocycles. The molecular formula is C17H13N4OW-. The minimum atomic E-state index is -0.287. The van der Waals surface area contributed by atoms with E-state index in [1.54, 1.807) is 12.1 Å². The van der Waals surface area contributed by atoms with Gasteiger partial charge in [0, 0.05) is 26.8 Å². The van der Waals surface area contributed by atoms with Crippen molar-refractivity contribution in [2.45, 2.75) is 0 Å². The van der Waals surface area contributed by atoms with E-state index in [1.165, 1.54) is 12.4 Å². The first-order chi connectivity index (χ1) is 10.8. The van der Waals surface area contributed by atoms with Gasteiger partial charge in [-0.3, -0.25) is 4.79 Å². The van der Waals surface area contributed by atoms with Gasteiger partial charge in [0.15, 0.2) is 0 Å². The van der Waals surface area contributed by atoms with Crippen LogP contribution < -0.4 is 10.6 Å². The minimum Gasteiger partial charge on any atom is -0.346 e. The number of aromatic nitrogens is 2. The van der Waals surface area contributed by atoms with Crippen molar-refractivity contribution in [3.05, 3.63) is 67.5 Å². The SMILES string of the molecule is C=CC(=O)Nc1[c-]cc2ncnc(Nc3ccccc3)c2c1.[W]. The van der Waals surface area contributed by atoms with E-state index in [2.05, 4.69) is 33.2 Å². The molecule has 2 N–H and O–H groups in total. The first-order valence-electron chi connectivity index (χ1n) is 6.68. The molecule has 0 fully saturated rings. The Kier molecular flexibility index (Phi) is 5.60. The molecule has 0 radical (unpaired) electrons. The van der Waals surface area contributed by atoms with Crippen LogP contribution in [0.3, 0.4) is 0 Å². The second kappa shape index (κ2) is 7.65. The Labute approximate surface area is 148 Å². The van der Waals surface area contributed by atoms with Crippen LogP contribution in [0.25, 0.3) is 10.9 Å². The van der Waals surface area contributed by atoms with Crippen LogP contribution in [0.15, 0.2) is 61.4 Å². The van der Waals surface area contributed by atoms with Gasteiger partial charge in [-0.2, -0.15) is 6.07 Å². The van der Waals surface area contributed by atoms with E-state index >= 15 is 0 Å². The maximum atomic E-state index is 11.4. The minimum absolute atomic E-state index is 0. The van der Waals surface area contributed by atoms with E-state index in [1.807, 2.05) is 30.3 Å². The van der Waals surface area contributed by atoms with Gasteiger partial charge in [-0.1, -0.05) is 35.9 Å². The van der Waals surface area contributed by atoms with Crippen LogP contribution in [0.1, 0.15) is 0 Å². The number of hydrogen-bond donors (Lipinski definition) is 2. The molecule has 0 bridgehead atoms. The van der Waals surface area contributed by atoms with E-state index in [0.717, 1.165) is 16.6 Å². The summed E-state index contributed by atoms with van der Waals surface area (Å²) < 4.78 is 0. The number of benzene rings is 2. The van der Waals surface area contributed by atoms with Gasteiger partial charge in [0.1, 0.15) is 12.1 Å². The summed E-state index contributed by atoms with van der Waals surface area (Å²) in [5.41, 5.74) is 2.21. The fourth-order valence-electron chi connectivity index (χ4n) is 2.01. The van der Waals surface area contributed by atoms with Crippen molar-refractivity contribution in [1.82, 2.24) is 9.97 Å². The summed E-state index contributed by atoms with van der Waals surface area (Å²) in [6.07, 6.45) is 2.70. The van der Waals surface area contributed by atoms with Gasteiger partial charge in [-0.25, -0.2) is 4.98 Å². The number of rotatable bonds is 4. The van der Waals surface area contributed by atoms with E-state index < -0.39 is 0 Å². The number of amides is 1. The maximum absolute atomic E-state index is 11.4. The molecule has 114 valence electrons. The number of carbonyl (C=O) groups excluding carboxylic acids is 1. The molecule has 5 nitrogen and oxygen atoms in total. The van der Waals surface area contributed by atoms with Crippen molar-refractivity contribution in [3.8, 4) is 0 Å². The summed E-state index contributed by atoms with van der Waals surface area (Å²) in [6, 6.07) is 16.2. The van der Waals surface area contributed by atoms with Gasteiger partial charge in [0.05, 0.1) is 0 Å². The Bertz CT molecular complexity index is 836. The maximum Gasteiger partial charge on any atom is 0.245 e. The number of para-hydroxylation sites is 1. The second-order valence-corrected chi connectivity index (χ2v) is 4.55. The summed E-state index contributed by atoms with van der Waals surface area (Å²) >= 11 is 0. The Morgan fingerprint density at radius 1 is 1.22 bits per heavy atom. The van der Waals surface area contributed by atoms with Crippen LogP contribution in [-0.2, 0) is 25.9 Å². The molecule has 0 atom stereocenters. The standard InChI is InChI=1S/C17H13N4O.W/c1-2-16(22)20-13-8-9-15-14(10-13)17(19-11-18-15)21-12-6-4-3-5-7-12;/h2-7,9-11H,1H2,(H,20,22)(H,18,19,21);/q-1;. The Morgan fingerprint density at radius 3 is 2.74 bits per heavy atom. The molecule has 0 aliphatic carbocycles. The summed E-state index contributed by atoms with van der Waals surface area (Å²) in [7, 11) is 0. The van der Waals surface area contributed by atoms with Crippen LogP contribution in [0, 0.1) is 6.07 Å². The van der Waals surface area contributed by atoms with Crippen molar-refractivity contribution >= 4 is 34.0 Å². The van der Waals surface area contributed by atoms with Gasteiger partial charge >= 0.3 is 0 Å². The zero-order valence-corrected chi connectivity index (χ0v) is 15.0. The van der Waals surface area contributed by atoms with Crippen LogP contribution in [0.5, 0.6) is 0 Å². The van der Waals surface area contributed by atoms with Crippen LogP contribution >= 0.6 is 0 Å². The molecule has 0 spiro atoms. The van der Waals surface area contributed by atoms with E-state index in [9.17, 15) is 4.79 Å². The summed E-state index contributed by atoms with van der Waals surface area (Å²) in [6.45, 7) is 3.43. The fourth-order valence-corrected chi connectivity index (χ4v) is 2.01. The van der Waals surface area contributed by atoms with Gasteiger partial charge in [0.25, 0.3) is 0 Å². The predicted molar refractivity (Wildman–Crippen MR) is 86.9 cm³/mol. The average Bonchev–Trinajstić information content (AvgIpc) is 2.56. The molecule has 1 heterocycles. The largest absolute Gasteiger partial charge is 0.346 e. The van der Waals surface area contributed by atoms with E-state index in [0.29, 0.717) is 11.5 Å². The van der Waals surface area contributed by atoms with Crippen molar-refractivity contribution < 1.29 is 25.9 Å². The first-order valence-corrected chi connectivity index (χ1v) is 6.68. The van der Waals surface area contributed by atoms with Crippen LogP contribution in [0.4, 0.5) is 17.2 Å². The zero-order valence-electron chi connectivity index (χ0n) is 12.1. The van der Waals surface area contributed by atoms with Crippen LogP contribution in [-0.4, -0.2) is 15.9 Å². The molecular weight excluding hydrogens is 460 g/mol. The summed E-state index contributed by atoms with van der Waals surface area (Å²) in [5, 5.41) is 6.72. The van der Waals surface area contributed by atoms with Gasteiger partial charge in [0.2, 0.25) is 5.91 Å². The molecule has 0 aliphatic rings. The Morgan fingerprint density at radius 2 is 2.00 bits per heavy atom. The second-order valence-electron chi connectivity index (χ2n) is 4.55. The third-order valence-electron chi connectivity index (χ3n) is 3.05. The first kappa shape index (κ1) is 16.8. The molecule has 0 unspecified atom stereocenters. The number of hydrogen-bond acceptors (Lipinski definition) is 4. The monoisotopic (exact) mass is 473 g/mol. The van der Waals surface area contributed by atoms with E-state index in [-0.39, 0.29) is 27.0 Å². The third kappa shape index (κ3) is 4.02. The molecule has 6 heteroatoms. The molecule has 2 aromatic carbocycles. The van der Waals surface area contributed by atoms with Crippen molar-refractivity contribution in [3.63, 3.8) is 0 Å². The van der Waals surface area contributed by atoms with E-state index in [4.69, 9.17) is 0 Å². The normalized spacial score (nSPS) is 9.74. The predicted octanol–water partition coefficient (Wildman–Crippen LogP) is 3.30.